The molecule has 10 bridgehead atoms. The fourth-order valence-corrected chi connectivity index (χ4v) is 16.3. The lowest BCUT2D eigenvalue weighted by Crippen LogP contribution is -2.64. The summed E-state index contributed by atoms with van der Waals surface area (Å²) in [4.78, 5) is 111. The van der Waals surface area contributed by atoms with E-state index in [0.29, 0.717) is 71.7 Å². The number of fused-ring (bicyclic) bond motifs is 11. The van der Waals surface area contributed by atoms with Crippen molar-refractivity contribution in [2.75, 3.05) is 96.0 Å². The molecule has 12 aliphatic rings. The maximum atomic E-state index is 9.33. The van der Waals surface area contributed by atoms with Gasteiger partial charge in [0.15, 0.2) is 0 Å². The van der Waals surface area contributed by atoms with Crippen LogP contribution in [0.5, 0.6) is 0 Å². The highest BCUT2D eigenvalue weighted by Crippen LogP contribution is 2.50. The molecule has 23 atom stereocenters. The molecule has 42 heteroatoms. The number of hydrogen-bond acceptors (Lipinski definition) is 30. The first-order valence-corrected chi connectivity index (χ1v) is 43.5. The summed E-state index contributed by atoms with van der Waals surface area (Å²) in [5.41, 5.74) is -4.85. The van der Waals surface area contributed by atoms with Crippen molar-refractivity contribution in [3.8, 4) is 0 Å². The molecule has 12 heterocycles. The second kappa shape index (κ2) is 36.7. The number of rotatable bonds is 20. The molecule has 566 valence electrons. The van der Waals surface area contributed by atoms with Gasteiger partial charge in [-0.1, -0.05) is 0 Å². The van der Waals surface area contributed by atoms with Crippen LogP contribution in [0.4, 0.5) is 0 Å². The van der Waals surface area contributed by atoms with Gasteiger partial charge in [-0.3, -0.25) is 0 Å². The number of methoxy groups -OCH3 is 7. The monoisotopic (exact) mass is 1550 g/mol. The Labute approximate surface area is 606 Å². The normalized spacial score (nSPS) is 40.9. The second-order valence-corrected chi connectivity index (χ2v) is 37.6. The first-order valence-electron chi connectivity index (χ1n) is 31.8. The molecule has 0 aliphatic carbocycles. The van der Waals surface area contributed by atoms with E-state index in [9.17, 15) is 58.7 Å². The van der Waals surface area contributed by atoms with Crippen molar-refractivity contribution in [2.24, 2.45) is 0 Å². The Morgan fingerprint density at radius 2 is 0.804 bits per heavy atom. The summed E-state index contributed by atoms with van der Waals surface area (Å²) in [6.45, 7) is 2.29. The number of ether oxygens (including phenoxy) is 18. The predicted molar refractivity (Wildman–Crippen MR) is 399 cm³/mol. The maximum absolute atomic E-state index is 9.33. The Morgan fingerprint density at radius 1 is 0.402 bits per heavy atom. The van der Waals surface area contributed by atoms with E-state index >= 15 is 0 Å². The third-order valence-corrected chi connectivity index (χ3v) is 21.7. The molecule has 12 aliphatic heterocycles. The molecule has 0 aromatic rings. The lowest BCUT2D eigenvalue weighted by atomic mass is 9.76. The lowest BCUT2D eigenvalue weighted by Gasteiger charge is -2.52. The van der Waals surface area contributed by atoms with Crippen LogP contribution in [0.25, 0.3) is 0 Å². The zero-order valence-corrected chi connectivity index (χ0v) is 63.7. The molecule has 12 saturated heterocycles. The van der Waals surface area contributed by atoms with E-state index in [-0.39, 0.29) is 79.6 Å². The Hall–Kier alpha value is -0.570. The molecule has 12 unspecified atom stereocenters. The molecule has 0 spiro atoms. The molecule has 102 heavy (non-hydrogen) atoms. The summed E-state index contributed by atoms with van der Waals surface area (Å²) in [5, 5.41) is 0. The standard InChI is InChI=1S/C11H20BO5P.4C10H16BO5P.C9H14BO5P/c1-15-8-11(4-5-18(3,13)14)7-9(16-2)6-10(12)17-11;1-14-8-7-9(11)16-10(8,3-5-15-7)4-6-17(2,12)13;1-14-9-8-7(11)5-16-10(9,6-15-8)3-4-17(2,12)13;1-14-9-7-5-8(11)16-10(9,6-15-7)3-4-17(2,12)13;1-14-8-5-7-9(11)16-10(8,6-15-7)3-4-17(2,12)13;1-13-7-6-8(10)15-9(7,5-14-6)3-4-16(2,11)12/h4-5,9-10,13-14H,3,6-8H2,1-2H3;4,6-9,12-13H,2-3,5H2,1H3;3*3-4,7-9,12-13H,2,5-6H2,1H3;3-4,6-8,11-12H,2,5H2,1H3/b5-4+;6-4+;4*4-3+/t9-,10?,11+;7-,8?,9+,10+;;;7-,8+,9?,10+;6-,7?,8+,9-/m00..10/s1. The topological polar surface area (TPSA) is 409 Å². The van der Waals surface area contributed by atoms with Crippen molar-refractivity contribution in [1.82, 2.24) is 0 Å². The van der Waals surface area contributed by atoms with Crippen molar-refractivity contribution in [1.29, 1.82) is 0 Å². The first kappa shape index (κ1) is 90.3. The van der Waals surface area contributed by atoms with Gasteiger partial charge in [-0.15, -0.1) is 0 Å². The Bertz CT molecular complexity index is 3150. The van der Waals surface area contributed by atoms with Gasteiger partial charge in [-0.05, 0) is 128 Å². The predicted octanol–water partition coefficient (Wildman–Crippen LogP) is -0.689. The van der Waals surface area contributed by atoms with Crippen molar-refractivity contribution in [3.63, 3.8) is 0 Å². The first-order chi connectivity index (χ1) is 47.2. The van der Waals surface area contributed by atoms with Crippen molar-refractivity contribution < 1.29 is 144 Å². The quantitative estimate of drug-likeness (QED) is 0.0530. The summed E-state index contributed by atoms with van der Waals surface area (Å²) in [6, 6.07) is -2.55. The van der Waals surface area contributed by atoms with Crippen LogP contribution in [0.3, 0.4) is 0 Å². The average Bonchev–Trinajstić information content (AvgIpc) is 1.46. The molecule has 12 N–H and O–H groups in total. The Morgan fingerprint density at radius 3 is 1.30 bits per heavy atom. The molecule has 12 fully saturated rings. The smallest absolute Gasteiger partial charge is 0.138 e. The second-order valence-electron chi connectivity index (χ2n) is 26.4. The summed E-state index contributed by atoms with van der Waals surface area (Å²) in [5.74, 6) is 7.32. The fourth-order valence-electron chi connectivity index (χ4n) is 13.4. The van der Waals surface area contributed by atoms with Crippen molar-refractivity contribution in [2.45, 2.75) is 169 Å². The van der Waals surface area contributed by atoms with Gasteiger partial charge in [-0.2, -0.15) is 0 Å². The van der Waals surface area contributed by atoms with Crippen LogP contribution < -0.4 is 0 Å². The van der Waals surface area contributed by atoms with E-state index in [1.54, 1.807) is 80.1 Å². The van der Waals surface area contributed by atoms with Gasteiger partial charge in [0.1, 0.15) is 154 Å². The molecule has 0 aromatic carbocycles. The van der Waals surface area contributed by atoms with E-state index in [2.05, 4.69) is 37.8 Å². The SMILES string of the molecule is [B]C1CC2OCC(/C=C/P(=C)(O)O)(O1)C2OC.[B]C1COC2(/C=C/P(=C)(O)O)COC1C2OC.[B]C1C[C@H](OC)C[C@](/C=C/P(=C)(O)O)(COC)O1.[B]C1O[C@@]2(/C=C/P(=C)(O)O)CO[C@@H]1C[C@@H]2OC.[B][C@@H]1O[C@@]2(/C=C/P(=C)(O)O)CCO[C@H]1C2OC.[B][C@@H]1O[C@@]2(/C=C/P(=C)(O)O)CO[C@H]1C2OC. The Kier molecular flexibility index (Phi) is 32.5. The zero-order valence-electron chi connectivity index (χ0n) is 58.3. The van der Waals surface area contributed by atoms with E-state index in [1.807, 2.05) is 0 Å². The number of hydrogen-bond donors (Lipinski definition) is 12. The highest BCUT2D eigenvalue weighted by atomic mass is 31.2. The van der Waals surface area contributed by atoms with Gasteiger partial charge in [0.05, 0.1) is 78.0 Å². The molecular weight excluding hydrogens is 1450 g/mol. The van der Waals surface area contributed by atoms with Crippen LogP contribution in [0, 0.1) is 0 Å². The molecule has 0 aromatic heterocycles. The fraction of sp³-hybridized carbons (Fsp3) is 0.700. The molecule has 0 amide bonds. The van der Waals surface area contributed by atoms with Gasteiger partial charge in [0.2, 0.25) is 0 Å². The molecule has 0 saturated carbocycles. The van der Waals surface area contributed by atoms with Crippen LogP contribution in [0.2, 0.25) is 5.82 Å². The van der Waals surface area contributed by atoms with Gasteiger partial charge < -0.3 is 144 Å². The van der Waals surface area contributed by atoms with Crippen LogP contribution in [-0.4, -0.2) is 370 Å². The molecule has 12 rings (SSSR count). The highest BCUT2D eigenvalue weighted by molar-refractivity contribution is 7.67. The van der Waals surface area contributed by atoms with Crippen LogP contribution >= 0.6 is 44.0 Å². The van der Waals surface area contributed by atoms with E-state index in [4.69, 9.17) is 132 Å². The van der Waals surface area contributed by atoms with E-state index in [0.717, 1.165) is 0 Å². The molecule has 30 nitrogen and oxygen atoms in total. The lowest BCUT2D eigenvalue weighted by molar-refractivity contribution is -0.273. The third kappa shape index (κ3) is 24.5. The van der Waals surface area contributed by atoms with Crippen LogP contribution in [0.15, 0.2) is 71.4 Å². The average molecular weight is 1550 g/mol. The van der Waals surface area contributed by atoms with Crippen molar-refractivity contribution >= 4 is 129 Å². The van der Waals surface area contributed by atoms with Gasteiger partial charge >= 0.3 is 0 Å². The summed E-state index contributed by atoms with van der Waals surface area (Å²) < 4.78 is 98.8. The highest BCUT2D eigenvalue weighted by Gasteiger charge is 2.60. The molecule has 12 radical (unpaired) electrons. The zero-order chi connectivity index (χ0) is 76.5. The van der Waals surface area contributed by atoms with Crippen LogP contribution in [-0.2, 0) is 85.3 Å². The summed E-state index contributed by atoms with van der Waals surface area (Å²) in [7, 11) is 26.4. The minimum atomic E-state index is -3.24. The Balaban J connectivity index is 0.000000192. The maximum Gasteiger partial charge on any atom is 0.138 e. The summed E-state index contributed by atoms with van der Waals surface area (Å²) in [6.07, 6.45) is 29.2. The van der Waals surface area contributed by atoms with Crippen LogP contribution in [0.1, 0.15) is 32.1 Å². The van der Waals surface area contributed by atoms with Gasteiger partial charge in [-0.25, -0.2) is 0 Å². The van der Waals surface area contributed by atoms with E-state index < -0.39 is 108 Å². The van der Waals surface area contributed by atoms with E-state index in [1.165, 1.54) is 41.0 Å². The van der Waals surface area contributed by atoms with Gasteiger partial charge in [0.25, 0.3) is 0 Å². The minimum Gasteiger partial charge on any atom is -0.381 e. The third-order valence-electron chi connectivity index (χ3n) is 18.0. The minimum absolute atomic E-state index is 0.0523. The van der Waals surface area contributed by atoms with Gasteiger partial charge in [0, 0.05) is 106 Å². The van der Waals surface area contributed by atoms with Crippen molar-refractivity contribution in [3.05, 3.63) is 71.4 Å². The summed E-state index contributed by atoms with van der Waals surface area (Å²) >= 11 is 0. The largest absolute Gasteiger partial charge is 0.381 e. The molecular formula is C60H98B6O30P6.